The second-order valence-corrected chi connectivity index (χ2v) is 5.71. The summed E-state index contributed by atoms with van der Waals surface area (Å²) in [5.74, 6) is -0.351. The summed E-state index contributed by atoms with van der Waals surface area (Å²) in [7, 11) is 0. The van der Waals surface area contributed by atoms with E-state index in [0.29, 0.717) is 6.61 Å². The number of esters is 1. The zero-order valence-electron chi connectivity index (χ0n) is 11.5. The molecule has 0 fully saturated rings. The lowest BCUT2D eigenvalue weighted by Gasteiger charge is -2.28. The second kappa shape index (κ2) is 4.85. The average Bonchev–Trinajstić information content (AvgIpc) is 2.43. The van der Waals surface area contributed by atoms with E-state index >= 15 is 0 Å². The summed E-state index contributed by atoms with van der Waals surface area (Å²) in [5, 5.41) is -0.587. The summed E-state index contributed by atoms with van der Waals surface area (Å²) in [6.07, 6.45) is 0. The van der Waals surface area contributed by atoms with E-state index < -0.39 is 5.38 Å². The molecule has 0 aromatic rings. The van der Waals surface area contributed by atoms with Crippen LogP contribution in [0.1, 0.15) is 41.5 Å². The van der Waals surface area contributed by atoms with Gasteiger partial charge in [-0.05, 0) is 52.7 Å². The quantitative estimate of drug-likeness (QED) is 0.566. The first-order valence-corrected chi connectivity index (χ1v) is 6.32. The van der Waals surface area contributed by atoms with E-state index in [-0.39, 0.29) is 11.4 Å². The lowest BCUT2D eigenvalue weighted by Crippen LogP contribution is -2.28. The van der Waals surface area contributed by atoms with Crippen LogP contribution < -0.4 is 0 Å². The molecule has 2 nitrogen and oxygen atoms in total. The van der Waals surface area contributed by atoms with Crippen molar-refractivity contribution in [3.8, 4) is 0 Å². The van der Waals surface area contributed by atoms with Gasteiger partial charge in [-0.1, -0.05) is 11.1 Å². The molecule has 1 atom stereocenters. The third kappa shape index (κ3) is 2.42. The topological polar surface area (TPSA) is 26.3 Å². The SMILES string of the molecule is CC1=C(C)C(C)(COC(=O)C(C)Cl)C(C)=C1C. The number of halogens is 1. The molecule has 0 aliphatic heterocycles. The maximum absolute atomic E-state index is 11.4. The van der Waals surface area contributed by atoms with Gasteiger partial charge < -0.3 is 4.74 Å². The van der Waals surface area contributed by atoms with Gasteiger partial charge in [0, 0.05) is 5.41 Å². The number of alkyl halides is 1. The van der Waals surface area contributed by atoms with Gasteiger partial charge in [0.2, 0.25) is 0 Å². The zero-order chi connectivity index (χ0) is 13.4. The molecule has 0 amide bonds. The van der Waals surface area contributed by atoms with Gasteiger partial charge in [-0.3, -0.25) is 4.79 Å². The Morgan fingerprint density at radius 2 is 1.65 bits per heavy atom. The number of hydrogen-bond donors (Lipinski definition) is 0. The molecule has 17 heavy (non-hydrogen) atoms. The first-order chi connectivity index (χ1) is 7.71. The third-order valence-electron chi connectivity index (χ3n) is 4.17. The smallest absolute Gasteiger partial charge is 0.323 e. The number of allylic oxidation sites excluding steroid dienone is 2. The van der Waals surface area contributed by atoms with E-state index in [1.54, 1.807) is 6.92 Å². The Bertz CT molecular complexity index is 378. The molecule has 0 aromatic heterocycles. The standard InChI is InChI=1S/C14H21ClO2/c1-8-9(2)11(4)14(6,10(8)3)7-17-13(16)12(5)15/h12H,7H2,1-6H3. The van der Waals surface area contributed by atoms with E-state index in [2.05, 4.69) is 34.6 Å². The van der Waals surface area contributed by atoms with Crippen LogP contribution in [0, 0.1) is 5.41 Å². The van der Waals surface area contributed by atoms with Gasteiger partial charge in [0.25, 0.3) is 0 Å². The van der Waals surface area contributed by atoms with Crippen molar-refractivity contribution in [1.29, 1.82) is 0 Å². The maximum Gasteiger partial charge on any atom is 0.323 e. The number of carbonyl (C=O) groups excluding carboxylic acids is 1. The van der Waals surface area contributed by atoms with Crippen LogP contribution in [0.3, 0.4) is 0 Å². The van der Waals surface area contributed by atoms with Crippen LogP contribution in [0.15, 0.2) is 22.3 Å². The van der Waals surface area contributed by atoms with Crippen LogP contribution in [0.2, 0.25) is 0 Å². The molecular weight excluding hydrogens is 236 g/mol. The third-order valence-corrected chi connectivity index (χ3v) is 4.35. The molecule has 0 bridgehead atoms. The molecule has 1 rings (SSSR count). The van der Waals surface area contributed by atoms with E-state index in [1.165, 1.54) is 22.3 Å². The maximum atomic E-state index is 11.4. The van der Waals surface area contributed by atoms with Crippen LogP contribution in [0.4, 0.5) is 0 Å². The summed E-state index contributed by atoms with van der Waals surface area (Å²) in [4.78, 5) is 11.4. The van der Waals surface area contributed by atoms with E-state index in [1.807, 2.05) is 0 Å². The number of carbonyl (C=O) groups is 1. The van der Waals surface area contributed by atoms with Gasteiger partial charge in [-0.15, -0.1) is 11.6 Å². The highest BCUT2D eigenvalue weighted by Gasteiger charge is 2.37. The largest absolute Gasteiger partial charge is 0.463 e. The zero-order valence-corrected chi connectivity index (χ0v) is 12.2. The highest BCUT2D eigenvalue weighted by Crippen LogP contribution is 2.46. The Morgan fingerprint density at radius 3 is 2.00 bits per heavy atom. The van der Waals surface area contributed by atoms with Crippen LogP contribution >= 0.6 is 11.6 Å². The van der Waals surface area contributed by atoms with Gasteiger partial charge >= 0.3 is 5.97 Å². The van der Waals surface area contributed by atoms with Crippen molar-refractivity contribution >= 4 is 17.6 Å². The van der Waals surface area contributed by atoms with Crippen LogP contribution in [0.5, 0.6) is 0 Å². The molecule has 0 saturated carbocycles. The summed E-state index contributed by atoms with van der Waals surface area (Å²) in [5.41, 5.74) is 5.00. The van der Waals surface area contributed by atoms with Crippen molar-refractivity contribution in [1.82, 2.24) is 0 Å². The number of ether oxygens (including phenoxy) is 1. The minimum absolute atomic E-state index is 0.171. The lowest BCUT2D eigenvalue weighted by atomic mass is 9.80. The molecule has 0 aromatic carbocycles. The Labute approximate surface area is 109 Å². The molecular formula is C14H21ClO2. The molecule has 1 aliphatic rings. The minimum Gasteiger partial charge on any atom is -0.463 e. The molecule has 3 heteroatoms. The normalized spacial score (nSPS) is 20.9. The second-order valence-electron chi connectivity index (χ2n) is 5.06. The summed E-state index contributed by atoms with van der Waals surface area (Å²) in [6.45, 7) is 12.6. The molecule has 0 saturated heterocycles. The van der Waals surface area contributed by atoms with E-state index in [0.717, 1.165) is 0 Å². The van der Waals surface area contributed by atoms with Crippen molar-refractivity contribution < 1.29 is 9.53 Å². The highest BCUT2D eigenvalue weighted by molar-refractivity contribution is 6.29. The van der Waals surface area contributed by atoms with Crippen molar-refractivity contribution in [3.05, 3.63) is 22.3 Å². The van der Waals surface area contributed by atoms with E-state index in [9.17, 15) is 4.79 Å². The van der Waals surface area contributed by atoms with Gasteiger partial charge in [0.05, 0.1) is 0 Å². The summed E-state index contributed by atoms with van der Waals surface area (Å²) < 4.78 is 5.29. The Kier molecular flexibility index (Phi) is 4.08. The Hall–Kier alpha value is -0.760. The van der Waals surface area contributed by atoms with Crippen molar-refractivity contribution in [3.63, 3.8) is 0 Å². The first-order valence-electron chi connectivity index (χ1n) is 5.88. The molecule has 0 radical (unpaired) electrons. The number of hydrogen-bond acceptors (Lipinski definition) is 2. The lowest BCUT2D eigenvalue weighted by molar-refractivity contribution is -0.144. The van der Waals surface area contributed by atoms with Crippen LogP contribution in [-0.2, 0) is 9.53 Å². The predicted octanol–water partition coefficient (Wildman–Crippen LogP) is 3.85. The van der Waals surface area contributed by atoms with Crippen LogP contribution in [-0.4, -0.2) is 18.0 Å². The van der Waals surface area contributed by atoms with E-state index in [4.69, 9.17) is 16.3 Å². The number of rotatable bonds is 3. The van der Waals surface area contributed by atoms with Crippen molar-refractivity contribution in [2.45, 2.75) is 46.9 Å². The minimum atomic E-state index is -0.587. The Balaban J connectivity index is 2.87. The van der Waals surface area contributed by atoms with Gasteiger partial charge in [-0.2, -0.15) is 0 Å². The summed E-state index contributed by atoms with van der Waals surface area (Å²) >= 11 is 5.69. The highest BCUT2D eigenvalue weighted by atomic mass is 35.5. The van der Waals surface area contributed by atoms with Gasteiger partial charge in [0.15, 0.2) is 0 Å². The molecule has 0 heterocycles. The molecule has 1 unspecified atom stereocenters. The van der Waals surface area contributed by atoms with Gasteiger partial charge in [0.1, 0.15) is 12.0 Å². The first kappa shape index (κ1) is 14.3. The molecule has 0 N–H and O–H groups in total. The fourth-order valence-electron chi connectivity index (χ4n) is 2.22. The fourth-order valence-corrected chi connectivity index (χ4v) is 2.28. The van der Waals surface area contributed by atoms with Crippen LogP contribution in [0.25, 0.3) is 0 Å². The molecule has 1 aliphatic carbocycles. The summed E-state index contributed by atoms with van der Waals surface area (Å²) in [6, 6.07) is 0. The van der Waals surface area contributed by atoms with Gasteiger partial charge in [-0.25, -0.2) is 0 Å². The molecule has 0 spiro atoms. The average molecular weight is 257 g/mol. The predicted molar refractivity (Wildman–Crippen MR) is 71.1 cm³/mol. The van der Waals surface area contributed by atoms with Crippen molar-refractivity contribution in [2.24, 2.45) is 5.41 Å². The van der Waals surface area contributed by atoms with Crippen molar-refractivity contribution in [2.75, 3.05) is 6.61 Å². The molecule has 96 valence electrons. The Morgan fingerprint density at radius 1 is 1.24 bits per heavy atom. The monoisotopic (exact) mass is 256 g/mol. The fraction of sp³-hybridized carbons (Fsp3) is 0.643.